The summed E-state index contributed by atoms with van der Waals surface area (Å²) >= 11 is 0. The molecule has 1 aliphatic rings. The molecule has 1 atom stereocenters. The molecule has 1 unspecified atom stereocenters. The normalized spacial score (nSPS) is 16.6. The van der Waals surface area contributed by atoms with Crippen LogP contribution in [0.1, 0.15) is 25.3 Å². The Bertz CT molecular complexity index is 639. The van der Waals surface area contributed by atoms with Gasteiger partial charge in [0.1, 0.15) is 6.61 Å². The fourth-order valence-electron chi connectivity index (χ4n) is 2.18. The van der Waals surface area contributed by atoms with E-state index in [9.17, 15) is 8.42 Å². The van der Waals surface area contributed by atoms with E-state index in [1.165, 1.54) is 4.31 Å². The maximum absolute atomic E-state index is 12.7. The molecule has 1 saturated carbocycles. The molecule has 0 saturated heterocycles. The molecule has 1 aromatic carbocycles. The van der Waals surface area contributed by atoms with Crippen molar-refractivity contribution in [3.63, 3.8) is 0 Å². The third kappa shape index (κ3) is 3.04. The van der Waals surface area contributed by atoms with E-state index in [2.05, 4.69) is 11.8 Å². The third-order valence-corrected chi connectivity index (χ3v) is 5.73. The van der Waals surface area contributed by atoms with Crippen LogP contribution in [0.2, 0.25) is 0 Å². The van der Waals surface area contributed by atoms with E-state index in [1.807, 2.05) is 6.92 Å². The number of hydrogen-bond acceptors (Lipinski definition) is 3. The number of aliphatic hydroxyl groups is 1. The molecule has 1 fully saturated rings. The van der Waals surface area contributed by atoms with Crippen molar-refractivity contribution >= 4 is 10.0 Å². The monoisotopic (exact) mass is 293 g/mol. The Morgan fingerprint density at radius 2 is 2.05 bits per heavy atom. The molecule has 0 aliphatic heterocycles. The molecule has 20 heavy (non-hydrogen) atoms. The van der Waals surface area contributed by atoms with Gasteiger partial charge in [0.05, 0.1) is 4.90 Å². The van der Waals surface area contributed by atoms with Gasteiger partial charge >= 0.3 is 0 Å². The number of benzene rings is 1. The second-order valence-electron chi connectivity index (χ2n) is 5.06. The zero-order valence-electron chi connectivity index (χ0n) is 11.7. The molecule has 0 radical (unpaired) electrons. The summed E-state index contributed by atoms with van der Waals surface area (Å²) < 4.78 is 26.8. The molecule has 2 rings (SSSR count). The number of hydrogen-bond donors (Lipinski definition) is 1. The van der Waals surface area contributed by atoms with Crippen molar-refractivity contribution in [2.75, 3.05) is 13.7 Å². The van der Waals surface area contributed by atoms with Crippen molar-refractivity contribution in [1.82, 2.24) is 4.31 Å². The van der Waals surface area contributed by atoms with Gasteiger partial charge in [-0.1, -0.05) is 24.0 Å². The lowest BCUT2D eigenvalue weighted by molar-refractivity contribution is 0.350. The van der Waals surface area contributed by atoms with Gasteiger partial charge in [-0.2, -0.15) is 4.31 Å². The Balaban J connectivity index is 2.38. The number of nitrogens with zero attached hydrogens (tertiary/aromatic N) is 1. The lowest BCUT2D eigenvalue weighted by atomic mass is 10.2. The largest absolute Gasteiger partial charge is 0.384 e. The SMILES string of the molecule is CC(C1CC1)N(C)S(=O)(=O)c1ccccc1C#CCO. The standard InChI is InChI=1S/C15H19NO3S/c1-12(13-9-10-13)16(2)20(18,19)15-8-4-3-6-14(15)7-5-11-17/h3-4,6,8,12-13,17H,9-11H2,1-2H3. The molecule has 0 heterocycles. The summed E-state index contributed by atoms with van der Waals surface area (Å²) in [6.07, 6.45) is 2.18. The van der Waals surface area contributed by atoms with Gasteiger partial charge in [0.25, 0.3) is 0 Å². The molecule has 4 nitrogen and oxygen atoms in total. The molecule has 5 heteroatoms. The summed E-state index contributed by atoms with van der Waals surface area (Å²) in [6.45, 7) is 1.65. The Hall–Kier alpha value is -1.35. The average Bonchev–Trinajstić information content (AvgIpc) is 3.28. The van der Waals surface area contributed by atoms with Gasteiger partial charge in [-0.15, -0.1) is 0 Å². The van der Waals surface area contributed by atoms with Crippen molar-refractivity contribution in [2.24, 2.45) is 5.92 Å². The highest BCUT2D eigenvalue weighted by molar-refractivity contribution is 7.89. The molecular weight excluding hydrogens is 274 g/mol. The number of rotatable bonds is 4. The lowest BCUT2D eigenvalue weighted by Crippen LogP contribution is -2.36. The molecule has 108 valence electrons. The summed E-state index contributed by atoms with van der Waals surface area (Å²) in [4.78, 5) is 0.205. The van der Waals surface area contributed by atoms with Crippen molar-refractivity contribution in [1.29, 1.82) is 0 Å². The second kappa shape index (κ2) is 5.96. The Morgan fingerprint density at radius 3 is 2.65 bits per heavy atom. The molecule has 1 aliphatic carbocycles. The predicted octanol–water partition coefficient (Wildman–Crippen LogP) is 1.45. The van der Waals surface area contributed by atoms with Crippen LogP contribution in [-0.2, 0) is 10.0 Å². The first-order valence-electron chi connectivity index (χ1n) is 6.65. The van der Waals surface area contributed by atoms with Crippen molar-refractivity contribution in [2.45, 2.75) is 30.7 Å². The minimum atomic E-state index is -3.56. The van der Waals surface area contributed by atoms with Gasteiger partial charge in [-0.05, 0) is 37.8 Å². The molecule has 0 bridgehead atoms. The Labute approximate surface area is 120 Å². The topological polar surface area (TPSA) is 57.6 Å². The van der Waals surface area contributed by atoms with Crippen LogP contribution in [0, 0.1) is 17.8 Å². The minimum Gasteiger partial charge on any atom is -0.384 e. The van der Waals surface area contributed by atoms with Gasteiger partial charge in [-0.3, -0.25) is 0 Å². The van der Waals surface area contributed by atoms with Crippen molar-refractivity contribution in [3.8, 4) is 11.8 Å². The molecule has 0 aromatic heterocycles. The quantitative estimate of drug-likeness (QED) is 0.855. The first-order chi connectivity index (χ1) is 9.48. The summed E-state index contributed by atoms with van der Waals surface area (Å²) in [5.41, 5.74) is 0.427. The van der Waals surface area contributed by atoms with Crippen molar-refractivity contribution in [3.05, 3.63) is 29.8 Å². The van der Waals surface area contributed by atoms with Gasteiger partial charge in [-0.25, -0.2) is 8.42 Å². The van der Waals surface area contributed by atoms with E-state index in [-0.39, 0.29) is 17.5 Å². The zero-order valence-corrected chi connectivity index (χ0v) is 12.5. The maximum atomic E-state index is 12.7. The van der Waals surface area contributed by atoms with Crippen LogP contribution in [-0.4, -0.2) is 37.5 Å². The van der Waals surface area contributed by atoms with Gasteiger partial charge in [0.2, 0.25) is 10.0 Å². The van der Waals surface area contributed by atoms with E-state index in [0.717, 1.165) is 12.8 Å². The fourth-order valence-corrected chi connectivity index (χ4v) is 3.75. The highest BCUT2D eigenvalue weighted by atomic mass is 32.2. The number of aliphatic hydroxyl groups excluding tert-OH is 1. The van der Waals surface area contributed by atoms with Crippen LogP contribution in [0.3, 0.4) is 0 Å². The van der Waals surface area contributed by atoms with Crippen LogP contribution in [0.15, 0.2) is 29.2 Å². The molecule has 1 aromatic rings. The van der Waals surface area contributed by atoms with Crippen LogP contribution >= 0.6 is 0 Å². The van der Waals surface area contributed by atoms with Crippen molar-refractivity contribution < 1.29 is 13.5 Å². The van der Waals surface area contributed by atoms with E-state index < -0.39 is 10.0 Å². The summed E-state index contributed by atoms with van der Waals surface area (Å²) in [5.74, 6) is 5.67. The predicted molar refractivity (Wildman–Crippen MR) is 77.5 cm³/mol. The first kappa shape index (κ1) is 15.0. The first-order valence-corrected chi connectivity index (χ1v) is 8.09. The van der Waals surface area contributed by atoms with Gasteiger partial charge in [0.15, 0.2) is 0 Å². The smallest absolute Gasteiger partial charge is 0.244 e. The Morgan fingerprint density at radius 1 is 1.40 bits per heavy atom. The van der Waals surface area contributed by atoms with Crippen LogP contribution in [0.5, 0.6) is 0 Å². The van der Waals surface area contributed by atoms with E-state index in [4.69, 9.17) is 5.11 Å². The Kier molecular flexibility index (Phi) is 4.48. The summed E-state index contributed by atoms with van der Waals surface area (Å²) in [5, 5.41) is 8.77. The van der Waals surface area contributed by atoms with Crippen LogP contribution in [0.25, 0.3) is 0 Å². The maximum Gasteiger partial charge on any atom is 0.244 e. The zero-order chi connectivity index (χ0) is 14.8. The molecule has 0 amide bonds. The highest BCUT2D eigenvalue weighted by Crippen LogP contribution is 2.36. The van der Waals surface area contributed by atoms with E-state index >= 15 is 0 Å². The van der Waals surface area contributed by atoms with E-state index in [0.29, 0.717) is 11.5 Å². The van der Waals surface area contributed by atoms with E-state index in [1.54, 1.807) is 31.3 Å². The lowest BCUT2D eigenvalue weighted by Gasteiger charge is -2.24. The second-order valence-corrected chi connectivity index (χ2v) is 7.02. The minimum absolute atomic E-state index is 0.00106. The summed E-state index contributed by atoms with van der Waals surface area (Å²) in [6, 6.07) is 6.65. The molecule has 1 N–H and O–H groups in total. The fraction of sp³-hybridized carbons (Fsp3) is 0.467. The molecule has 0 spiro atoms. The summed E-state index contributed by atoms with van der Waals surface area (Å²) in [7, 11) is -1.94. The van der Waals surface area contributed by atoms with Crippen LogP contribution < -0.4 is 0 Å². The average molecular weight is 293 g/mol. The highest BCUT2D eigenvalue weighted by Gasteiger charge is 2.36. The third-order valence-electron chi connectivity index (χ3n) is 3.72. The molecular formula is C15H19NO3S. The van der Waals surface area contributed by atoms with Crippen LogP contribution in [0.4, 0.5) is 0 Å². The van der Waals surface area contributed by atoms with Gasteiger partial charge in [0, 0.05) is 18.7 Å². The van der Waals surface area contributed by atoms with Gasteiger partial charge < -0.3 is 5.11 Å². The number of sulfonamides is 1.